The lowest BCUT2D eigenvalue weighted by Gasteiger charge is -2.23. The highest BCUT2D eigenvalue weighted by atomic mass is 32.2. The van der Waals surface area contributed by atoms with Gasteiger partial charge in [-0.3, -0.25) is 4.99 Å². The molecule has 112 valence electrons. The fraction of sp³-hybridized carbons (Fsp3) is 0.533. The average Bonchev–Trinajstić information content (AvgIpc) is 2.35. The van der Waals surface area contributed by atoms with E-state index in [-0.39, 0.29) is 11.4 Å². The molecule has 20 heavy (non-hydrogen) atoms. The molecule has 0 unspecified atom stereocenters. The van der Waals surface area contributed by atoms with Crippen LogP contribution in [0.15, 0.2) is 34.2 Å². The van der Waals surface area contributed by atoms with E-state index in [9.17, 15) is 4.39 Å². The fourth-order valence-electron chi connectivity index (χ4n) is 1.51. The van der Waals surface area contributed by atoms with Gasteiger partial charge in [0.2, 0.25) is 0 Å². The number of nitrogens with one attached hydrogen (secondary N) is 2. The Hall–Kier alpha value is -1.23. The van der Waals surface area contributed by atoms with Gasteiger partial charge in [0.05, 0.1) is 6.54 Å². The minimum Gasteiger partial charge on any atom is -0.357 e. The number of aliphatic imine (C=N–C) groups is 1. The molecule has 1 rings (SSSR count). The summed E-state index contributed by atoms with van der Waals surface area (Å²) < 4.78 is 12.8. The number of halogens is 1. The summed E-state index contributed by atoms with van der Waals surface area (Å²) in [5.74, 6) is 1.50. The van der Waals surface area contributed by atoms with Crippen LogP contribution in [0.2, 0.25) is 0 Å². The van der Waals surface area contributed by atoms with E-state index in [1.54, 1.807) is 23.9 Å². The standard InChI is InChI=1S/C15H24FN3S/c1-5-17-14(19-15(2,3)4)18-10-11-20-13-8-6-12(16)7-9-13/h6-9H,5,10-11H2,1-4H3,(H2,17,18,19). The van der Waals surface area contributed by atoms with Crippen molar-refractivity contribution in [3.63, 3.8) is 0 Å². The highest BCUT2D eigenvalue weighted by Crippen LogP contribution is 2.17. The highest BCUT2D eigenvalue weighted by molar-refractivity contribution is 7.99. The predicted molar refractivity (Wildman–Crippen MR) is 86.0 cm³/mol. The molecule has 0 saturated heterocycles. The van der Waals surface area contributed by atoms with Crippen LogP contribution in [0.5, 0.6) is 0 Å². The van der Waals surface area contributed by atoms with Gasteiger partial charge in [-0.25, -0.2) is 4.39 Å². The van der Waals surface area contributed by atoms with Gasteiger partial charge >= 0.3 is 0 Å². The molecule has 1 aromatic rings. The van der Waals surface area contributed by atoms with E-state index in [2.05, 4.69) is 36.4 Å². The minimum atomic E-state index is -0.198. The number of thioether (sulfide) groups is 1. The number of benzene rings is 1. The van der Waals surface area contributed by atoms with Crippen LogP contribution in [0.3, 0.4) is 0 Å². The Morgan fingerprint density at radius 3 is 2.45 bits per heavy atom. The third-order valence-electron chi connectivity index (χ3n) is 2.28. The summed E-state index contributed by atoms with van der Waals surface area (Å²) in [4.78, 5) is 5.60. The van der Waals surface area contributed by atoms with Crippen LogP contribution in [-0.2, 0) is 0 Å². The van der Waals surface area contributed by atoms with Crippen molar-refractivity contribution in [2.45, 2.75) is 38.1 Å². The van der Waals surface area contributed by atoms with E-state index in [1.165, 1.54) is 12.1 Å². The second kappa shape index (κ2) is 8.15. The van der Waals surface area contributed by atoms with Crippen LogP contribution >= 0.6 is 11.8 Å². The van der Waals surface area contributed by atoms with Gasteiger partial charge in [-0.2, -0.15) is 0 Å². The van der Waals surface area contributed by atoms with Gasteiger partial charge in [0.1, 0.15) is 5.82 Å². The molecule has 2 N–H and O–H groups in total. The Labute approximate surface area is 125 Å². The van der Waals surface area contributed by atoms with Crippen molar-refractivity contribution < 1.29 is 4.39 Å². The van der Waals surface area contributed by atoms with Gasteiger partial charge in [-0.15, -0.1) is 11.8 Å². The molecule has 0 bridgehead atoms. The summed E-state index contributed by atoms with van der Waals surface area (Å²) in [7, 11) is 0. The first-order chi connectivity index (χ1) is 9.40. The Morgan fingerprint density at radius 1 is 1.25 bits per heavy atom. The average molecular weight is 297 g/mol. The lowest BCUT2D eigenvalue weighted by Crippen LogP contribution is -2.47. The second-order valence-electron chi connectivity index (χ2n) is 5.44. The van der Waals surface area contributed by atoms with E-state index in [0.717, 1.165) is 23.2 Å². The number of nitrogens with zero attached hydrogens (tertiary/aromatic N) is 1. The normalized spacial score (nSPS) is 12.3. The zero-order valence-electron chi connectivity index (χ0n) is 12.7. The van der Waals surface area contributed by atoms with Crippen LogP contribution in [0.4, 0.5) is 4.39 Å². The van der Waals surface area contributed by atoms with Gasteiger partial charge < -0.3 is 10.6 Å². The number of hydrogen-bond acceptors (Lipinski definition) is 2. The monoisotopic (exact) mass is 297 g/mol. The minimum absolute atomic E-state index is 0.00883. The van der Waals surface area contributed by atoms with Crippen molar-refractivity contribution in [2.75, 3.05) is 18.8 Å². The van der Waals surface area contributed by atoms with Crippen LogP contribution in [0.25, 0.3) is 0 Å². The van der Waals surface area contributed by atoms with Gasteiger partial charge in [-0.1, -0.05) is 0 Å². The SMILES string of the molecule is CCNC(=NCCSc1ccc(F)cc1)NC(C)(C)C. The molecule has 0 aliphatic rings. The first-order valence-electron chi connectivity index (χ1n) is 6.85. The van der Waals surface area contributed by atoms with Gasteiger partial charge in [-0.05, 0) is 52.0 Å². The quantitative estimate of drug-likeness (QED) is 0.379. The fourth-order valence-corrected chi connectivity index (χ4v) is 2.26. The maximum absolute atomic E-state index is 12.8. The van der Waals surface area contributed by atoms with Crippen molar-refractivity contribution in [2.24, 2.45) is 4.99 Å². The van der Waals surface area contributed by atoms with Crippen molar-refractivity contribution >= 4 is 17.7 Å². The Morgan fingerprint density at radius 2 is 1.90 bits per heavy atom. The molecule has 0 aliphatic carbocycles. The van der Waals surface area contributed by atoms with E-state index in [1.807, 2.05) is 6.92 Å². The molecule has 0 amide bonds. The van der Waals surface area contributed by atoms with E-state index >= 15 is 0 Å². The zero-order chi connectivity index (χ0) is 15.0. The van der Waals surface area contributed by atoms with Crippen LogP contribution in [-0.4, -0.2) is 30.3 Å². The molecule has 0 spiro atoms. The van der Waals surface area contributed by atoms with Crippen molar-refractivity contribution in [1.29, 1.82) is 0 Å². The number of hydrogen-bond donors (Lipinski definition) is 2. The lowest BCUT2D eigenvalue weighted by atomic mass is 10.1. The van der Waals surface area contributed by atoms with Crippen molar-refractivity contribution in [3.8, 4) is 0 Å². The zero-order valence-corrected chi connectivity index (χ0v) is 13.5. The molecule has 0 aromatic heterocycles. The van der Waals surface area contributed by atoms with E-state index in [0.29, 0.717) is 6.54 Å². The van der Waals surface area contributed by atoms with Gasteiger partial charge in [0.15, 0.2) is 5.96 Å². The number of rotatable bonds is 5. The summed E-state index contributed by atoms with van der Waals surface area (Å²) in [6.45, 7) is 9.92. The molecule has 3 nitrogen and oxygen atoms in total. The van der Waals surface area contributed by atoms with Crippen molar-refractivity contribution in [3.05, 3.63) is 30.1 Å². The van der Waals surface area contributed by atoms with Gasteiger partial charge in [0, 0.05) is 22.7 Å². The van der Waals surface area contributed by atoms with Crippen LogP contribution < -0.4 is 10.6 Å². The van der Waals surface area contributed by atoms with E-state index in [4.69, 9.17) is 0 Å². The van der Waals surface area contributed by atoms with E-state index < -0.39 is 0 Å². The molecule has 0 fully saturated rings. The summed E-state index contributed by atoms with van der Waals surface area (Å²) in [6, 6.07) is 6.55. The molecule has 0 saturated carbocycles. The molecule has 0 aliphatic heterocycles. The summed E-state index contributed by atoms with van der Waals surface area (Å²) in [6.07, 6.45) is 0. The highest BCUT2D eigenvalue weighted by Gasteiger charge is 2.11. The Bertz CT molecular complexity index is 424. The maximum atomic E-state index is 12.8. The first kappa shape index (κ1) is 16.8. The number of guanidine groups is 1. The topological polar surface area (TPSA) is 36.4 Å². The summed E-state index contributed by atoms with van der Waals surface area (Å²) in [5, 5.41) is 6.57. The first-order valence-corrected chi connectivity index (χ1v) is 7.84. The molecule has 5 heteroatoms. The molecule has 0 radical (unpaired) electrons. The Kier molecular flexibility index (Phi) is 6.85. The molecular formula is C15H24FN3S. The predicted octanol–water partition coefficient (Wildman–Crippen LogP) is 3.27. The Balaban J connectivity index is 2.41. The smallest absolute Gasteiger partial charge is 0.191 e. The lowest BCUT2D eigenvalue weighted by molar-refractivity contribution is 0.502. The van der Waals surface area contributed by atoms with Crippen molar-refractivity contribution in [1.82, 2.24) is 10.6 Å². The molecule has 0 heterocycles. The third kappa shape index (κ3) is 7.38. The molecule has 1 aromatic carbocycles. The molecular weight excluding hydrogens is 273 g/mol. The summed E-state index contributed by atoms with van der Waals surface area (Å²) in [5.41, 5.74) is -0.00883. The third-order valence-corrected chi connectivity index (χ3v) is 3.27. The second-order valence-corrected chi connectivity index (χ2v) is 6.61. The summed E-state index contributed by atoms with van der Waals surface area (Å²) >= 11 is 1.68. The maximum Gasteiger partial charge on any atom is 0.191 e. The largest absolute Gasteiger partial charge is 0.357 e. The molecule has 0 atom stereocenters. The van der Waals surface area contributed by atoms with Crippen LogP contribution in [0.1, 0.15) is 27.7 Å². The van der Waals surface area contributed by atoms with Gasteiger partial charge in [0.25, 0.3) is 0 Å². The van der Waals surface area contributed by atoms with Crippen LogP contribution in [0, 0.1) is 5.82 Å².